The third-order valence-electron chi connectivity index (χ3n) is 0.451. The summed E-state index contributed by atoms with van der Waals surface area (Å²) in [5, 5.41) is -1.73. The average Bonchev–Trinajstić information content (AvgIpc) is 1.31. The first kappa shape index (κ1) is 11.6. The molecule has 1 atom stereocenters. The minimum Gasteiger partial charge on any atom is -0.169 e. The molecule has 0 bridgehead atoms. The zero-order valence-corrected chi connectivity index (χ0v) is 6.41. The molecule has 0 aromatic rings. The molecule has 0 rings (SSSR count). The first-order valence-corrected chi connectivity index (χ1v) is 2.09. The van der Waals surface area contributed by atoms with Gasteiger partial charge >= 0.3 is 6.18 Å². The second-order valence-corrected chi connectivity index (χ2v) is 1.81. The van der Waals surface area contributed by atoms with Crippen molar-refractivity contribution in [2.45, 2.75) is 18.5 Å². The molecular formula is C3H4ClF3Ti. The van der Waals surface area contributed by atoms with Crippen LogP contribution in [0, 0.1) is 0 Å². The van der Waals surface area contributed by atoms with Gasteiger partial charge in [-0.1, -0.05) is 0 Å². The van der Waals surface area contributed by atoms with E-state index in [0.29, 0.717) is 0 Å². The van der Waals surface area contributed by atoms with Gasteiger partial charge in [0.1, 0.15) is 5.38 Å². The van der Waals surface area contributed by atoms with Crippen LogP contribution >= 0.6 is 11.6 Å². The molecule has 0 nitrogen and oxygen atoms in total. The van der Waals surface area contributed by atoms with Crippen LogP contribution < -0.4 is 0 Å². The minimum atomic E-state index is -4.23. The van der Waals surface area contributed by atoms with E-state index in [0.717, 1.165) is 6.92 Å². The van der Waals surface area contributed by atoms with E-state index >= 15 is 0 Å². The quantitative estimate of drug-likeness (QED) is 0.396. The van der Waals surface area contributed by atoms with Crippen LogP contribution in [0.1, 0.15) is 6.92 Å². The Bertz CT molecular complexity index is 60.0. The van der Waals surface area contributed by atoms with E-state index in [1.807, 2.05) is 0 Å². The van der Waals surface area contributed by atoms with Gasteiger partial charge in [-0.05, 0) is 6.92 Å². The first-order valence-electron chi connectivity index (χ1n) is 1.65. The van der Waals surface area contributed by atoms with Gasteiger partial charge in [-0.3, -0.25) is 0 Å². The Morgan fingerprint density at radius 2 is 1.50 bits per heavy atom. The molecule has 0 aliphatic heterocycles. The summed E-state index contributed by atoms with van der Waals surface area (Å²) in [6, 6.07) is 0. The molecular weight excluding hydrogens is 176 g/mol. The van der Waals surface area contributed by atoms with Gasteiger partial charge in [-0.25, -0.2) is 0 Å². The summed E-state index contributed by atoms with van der Waals surface area (Å²) in [6.45, 7) is 0.890. The van der Waals surface area contributed by atoms with Crippen molar-refractivity contribution >= 4 is 11.6 Å². The summed E-state index contributed by atoms with van der Waals surface area (Å²) in [5.74, 6) is 0. The largest absolute Gasteiger partial charge is 0.404 e. The van der Waals surface area contributed by atoms with Gasteiger partial charge < -0.3 is 0 Å². The van der Waals surface area contributed by atoms with Gasteiger partial charge in [-0.15, -0.1) is 11.6 Å². The fourth-order valence-corrected chi connectivity index (χ4v) is 0. The monoisotopic (exact) mass is 180 g/mol. The fraction of sp³-hybridized carbons (Fsp3) is 1.00. The molecule has 0 aliphatic carbocycles. The van der Waals surface area contributed by atoms with Crippen molar-refractivity contribution in [1.82, 2.24) is 0 Å². The van der Waals surface area contributed by atoms with Crippen LogP contribution in [0.3, 0.4) is 0 Å². The second-order valence-electron chi connectivity index (χ2n) is 1.16. The maximum absolute atomic E-state index is 11.0. The maximum atomic E-state index is 11.0. The minimum absolute atomic E-state index is 0. The molecule has 5 heteroatoms. The summed E-state index contributed by atoms with van der Waals surface area (Å²) in [5.41, 5.74) is 0. The van der Waals surface area contributed by atoms with Crippen molar-refractivity contribution in [3.05, 3.63) is 0 Å². The Morgan fingerprint density at radius 1 is 1.38 bits per heavy atom. The molecule has 8 heavy (non-hydrogen) atoms. The normalized spacial score (nSPS) is 14.6. The molecule has 0 saturated carbocycles. The second kappa shape index (κ2) is 3.75. The molecule has 0 aromatic heterocycles. The fourth-order valence-electron chi connectivity index (χ4n) is 0. The number of alkyl halides is 4. The number of hydrogen-bond acceptors (Lipinski definition) is 0. The molecule has 0 fully saturated rings. The Morgan fingerprint density at radius 3 is 1.50 bits per heavy atom. The van der Waals surface area contributed by atoms with Crippen LogP contribution in [0.15, 0.2) is 0 Å². The molecule has 0 aromatic carbocycles. The first-order chi connectivity index (χ1) is 2.94. The van der Waals surface area contributed by atoms with E-state index in [1.54, 1.807) is 0 Å². The van der Waals surface area contributed by atoms with E-state index in [1.165, 1.54) is 0 Å². The molecule has 0 spiro atoms. The predicted octanol–water partition coefficient (Wildman–Crippen LogP) is 2.17. The molecule has 0 radical (unpaired) electrons. The standard InChI is InChI=1S/C3H4ClF3.Ti/c1-2(4)3(5,6)7;/h2H,1H3;. The van der Waals surface area contributed by atoms with Gasteiger partial charge in [-0.2, -0.15) is 13.2 Å². The summed E-state index contributed by atoms with van der Waals surface area (Å²) >= 11 is 4.63. The summed E-state index contributed by atoms with van der Waals surface area (Å²) in [7, 11) is 0. The molecule has 0 saturated heterocycles. The molecule has 0 heterocycles. The van der Waals surface area contributed by atoms with Crippen LogP contribution in [0.25, 0.3) is 0 Å². The van der Waals surface area contributed by atoms with E-state index in [2.05, 4.69) is 11.6 Å². The van der Waals surface area contributed by atoms with Crippen molar-refractivity contribution in [3.63, 3.8) is 0 Å². The number of hydrogen-bond donors (Lipinski definition) is 0. The summed E-state index contributed by atoms with van der Waals surface area (Å²) < 4.78 is 33.1. The molecule has 1 unspecified atom stereocenters. The van der Waals surface area contributed by atoms with E-state index in [4.69, 9.17) is 0 Å². The van der Waals surface area contributed by atoms with Gasteiger partial charge in [0.2, 0.25) is 0 Å². The topological polar surface area (TPSA) is 0 Å². The van der Waals surface area contributed by atoms with Gasteiger partial charge in [0.15, 0.2) is 0 Å². The third-order valence-corrected chi connectivity index (χ3v) is 0.698. The van der Waals surface area contributed by atoms with Crippen molar-refractivity contribution in [2.75, 3.05) is 0 Å². The van der Waals surface area contributed by atoms with E-state index in [-0.39, 0.29) is 21.7 Å². The summed E-state index contributed by atoms with van der Waals surface area (Å²) in [6.07, 6.45) is -4.23. The van der Waals surface area contributed by atoms with Crippen LogP contribution in [-0.2, 0) is 21.7 Å². The van der Waals surface area contributed by atoms with Gasteiger partial charge in [0, 0.05) is 21.7 Å². The van der Waals surface area contributed by atoms with Gasteiger partial charge in [0.05, 0.1) is 0 Å². The molecule has 48 valence electrons. The van der Waals surface area contributed by atoms with Crippen molar-refractivity contribution < 1.29 is 34.9 Å². The Kier molecular flexibility index (Phi) is 5.43. The maximum Gasteiger partial charge on any atom is 0.404 e. The van der Waals surface area contributed by atoms with Crippen LogP contribution in [-0.4, -0.2) is 11.6 Å². The zero-order chi connectivity index (χ0) is 6.08. The smallest absolute Gasteiger partial charge is 0.169 e. The average molecular weight is 180 g/mol. The molecule has 0 aliphatic rings. The number of halogens is 4. The van der Waals surface area contributed by atoms with Gasteiger partial charge in [0.25, 0.3) is 0 Å². The Labute approximate surface area is 65.3 Å². The zero-order valence-electron chi connectivity index (χ0n) is 4.09. The van der Waals surface area contributed by atoms with Crippen molar-refractivity contribution in [3.8, 4) is 0 Å². The third kappa shape index (κ3) is 4.94. The van der Waals surface area contributed by atoms with Crippen molar-refractivity contribution in [1.29, 1.82) is 0 Å². The Balaban J connectivity index is 0. The van der Waals surface area contributed by atoms with E-state index < -0.39 is 11.6 Å². The molecule has 0 N–H and O–H groups in total. The number of rotatable bonds is 0. The van der Waals surface area contributed by atoms with Crippen molar-refractivity contribution in [2.24, 2.45) is 0 Å². The Hall–Kier alpha value is 0.794. The van der Waals surface area contributed by atoms with Crippen LogP contribution in [0.4, 0.5) is 13.2 Å². The molecule has 0 amide bonds. The van der Waals surface area contributed by atoms with Crippen LogP contribution in [0.5, 0.6) is 0 Å². The SMILES string of the molecule is CC(Cl)C(F)(F)F.[Ti]. The van der Waals surface area contributed by atoms with E-state index in [9.17, 15) is 13.2 Å². The predicted molar refractivity (Wildman–Crippen MR) is 21.4 cm³/mol. The summed E-state index contributed by atoms with van der Waals surface area (Å²) in [4.78, 5) is 0. The van der Waals surface area contributed by atoms with Crippen LogP contribution in [0.2, 0.25) is 0 Å².